The van der Waals surface area contributed by atoms with Gasteiger partial charge in [-0.15, -0.1) is 0 Å². The quantitative estimate of drug-likeness (QED) is 0.769. The normalized spacial score (nSPS) is 16.9. The van der Waals surface area contributed by atoms with Crippen LogP contribution in [0.4, 0.5) is 0 Å². The summed E-state index contributed by atoms with van der Waals surface area (Å²) >= 11 is 0. The Morgan fingerprint density at radius 3 is 2.81 bits per heavy atom. The molecule has 0 bridgehead atoms. The number of hydrogen-bond acceptors (Lipinski definition) is 2. The third-order valence-electron chi connectivity index (χ3n) is 3.37. The van der Waals surface area contributed by atoms with E-state index in [0.29, 0.717) is 5.92 Å². The molecular formula is C14H21NO. The van der Waals surface area contributed by atoms with Crippen LogP contribution < -0.4 is 4.74 Å². The predicted molar refractivity (Wildman–Crippen MR) is 65.8 cm³/mol. The standard InChI is InChI=1S/C14H21NO/c1-11(2)13-7-8-15-14(9-13)16-10-12-5-3-4-6-12/h7-9,11-12H,3-6,10H2,1-2H3. The lowest BCUT2D eigenvalue weighted by Crippen LogP contribution is -2.09. The third-order valence-corrected chi connectivity index (χ3v) is 3.37. The van der Waals surface area contributed by atoms with Gasteiger partial charge in [-0.25, -0.2) is 4.98 Å². The highest BCUT2D eigenvalue weighted by atomic mass is 16.5. The number of ether oxygens (including phenoxy) is 1. The molecule has 0 radical (unpaired) electrons. The highest BCUT2D eigenvalue weighted by molar-refractivity contribution is 5.23. The second-order valence-electron chi connectivity index (χ2n) is 5.04. The molecular weight excluding hydrogens is 198 g/mol. The molecule has 1 fully saturated rings. The summed E-state index contributed by atoms with van der Waals surface area (Å²) in [6.45, 7) is 5.22. The molecule has 0 N–H and O–H groups in total. The molecule has 88 valence electrons. The zero-order valence-corrected chi connectivity index (χ0v) is 10.3. The second-order valence-corrected chi connectivity index (χ2v) is 5.04. The van der Waals surface area contributed by atoms with Crippen LogP contribution in [0.1, 0.15) is 51.0 Å². The minimum Gasteiger partial charge on any atom is -0.477 e. The van der Waals surface area contributed by atoms with Gasteiger partial charge in [0.05, 0.1) is 6.61 Å². The first-order valence-electron chi connectivity index (χ1n) is 6.34. The monoisotopic (exact) mass is 219 g/mol. The van der Waals surface area contributed by atoms with Gasteiger partial charge in [0.2, 0.25) is 5.88 Å². The molecule has 2 heteroatoms. The van der Waals surface area contributed by atoms with Crippen LogP contribution in [0.2, 0.25) is 0 Å². The Kier molecular flexibility index (Phi) is 3.81. The zero-order chi connectivity index (χ0) is 11.4. The lowest BCUT2D eigenvalue weighted by Gasteiger charge is -2.12. The Morgan fingerprint density at radius 1 is 1.38 bits per heavy atom. The van der Waals surface area contributed by atoms with Gasteiger partial charge < -0.3 is 4.74 Å². The number of rotatable bonds is 4. The molecule has 2 nitrogen and oxygen atoms in total. The predicted octanol–water partition coefficient (Wildman–Crippen LogP) is 3.77. The fourth-order valence-electron chi connectivity index (χ4n) is 2.24. The summed E-state index contributed by atoms with van der Waals surface area (Å²) < 4.78 is 5.77. The van der Waals surface area contributed by atoms with Crippen molar-refractivity contribution in [2.24, 2.45) is 5.92 Å². The van der Waals surface area contributed by atoms with Crippen molar-refractivity contribution in [1.29, 1.82) is 0 Å². The van der Waals surface area contributed by atoms with Crippen molar-refractivity contribution in [1.82, 2.24) is 4.98 Å². The topological polar surface area (TPSA) is 22.1 Å². The van der Waals surface area contributed by atoms with Gasteiger partial charge in [-0.05, 0) is 36.3 Å². The number of nitrogens with zero attached hydrogens (tertiary/aromatic N) is 1. The van der Waals surface area contributed by atoms with Crippen molar-refractivity contribution in [3.05, 3.63) is 23.9 Å². The summed E-state index contributed by atoms with van der Waals surface area (Å²) in [7, 11) is 0. The van der Waals surface area contributed by atoms with Gasteiger partial charge in [0.15, 0.2) is 0 Å². The Labute approximate surface area is 98.0 Å². The molecule has 1 aliphatic rings. The van der Waals surface area contributed by atoms with Gasteiger partial charge in [0.1, 0.15) is 0 Å². The maximum atomic E-state index is 5.77. The summed E-state index contributed by atoms with van der Waals surface area (Å²) in [5, 5.41) is 0. The molecule has 0 aliphatic heterocycles. The molecule has 0 unspecified atom stereocenters. The number of aromatic nitrogens is 1. The van der Waals surface area contributed by atoms with E-state index < -0.39 is 0 Å². The van der Waals surface area contributed by atoms with Crippen LogP contribution in [-0.2, 0) is 0 Å². The van der Waals surface area contributed by atoms with Gasteiger partial charge in [-0.3, -0.25) is 0 Å². The maximum absolute atomic E-state index is 5.77. The molecule has 0 spiro atoms. The molecule has 0 atom stereocenters. The third kappa shape index (κ3) is 2.97. The van der Waals surface area contributed by atoms with Crippen molar-refractivity contribution < 1.29 is 4.74 Å². The van der Waals surface area contributed by atoms with Crippen LogP contribution in [0.25, 0.3) is 0 Å². The van der Waals surface area contributed by atoms with E-state index >= 15 is 0 Å². The average Bonchev–Trinajstić information content (AvgIpc) is 2.79. The summed E-state index contributed by atoms with van der Waals surface area (Å²) in [5.74, 6) is 2.08. The van der Waals surface area contributed by atoms with Gasteiger partial charge in [-0.1, -0.05) is 26.7 Å². The van der Waals surface area contributed by atoms with Crippen LogP contribution in [0.15, 0.2) is 18.3 Å². The molecule has 1 aromatic rings. The van der Waals surface area contributed by atoms with E-state index in [1.54, 1.807) is 0 Å². The van der Waals surface area contributed by atoms with E-state index in [9.17, 15) is 0 Å². The highest BCUT2D eigenvalue weighted by Gasteiger charge is 2.15. The molecule has 1 heterocycles. The largest absolute Gasteiger partial charge is 0.477 e. The molecule has 0 amide bonds. The first-order chi connectivity index (χ1) is 7.75. The molecule has 0 saturated heterocycles. The fourth-order valence-corrected chi connectivity index (χ4v) is 2.24. The van der Waals surface area contributed by atoms with Crippen LogP contribution >= 0.6 is 0 Å². The number of pyridine rings is 1. The molecule has 1 aliphatic carbocycles. The van der Waals surface area contributed by atoms with E-state index in [4.69, 9.17) is 4.74 Å². The van der Waals surface area contributed by atoms with Crippen molar-refractivity contribution in [3.8, 4) is 5.88 Å². The molecule has 1 saturated carbocycles. The van der Waals surface area contributed by atoms with E-state index in [1.165, 1.54) is 31.2 Å². The van der Waals surface area contributed by atoms with Gasteiger partial charge in [-0.2, -0.15) is 0 Å². The van der Waals surface area contributed by atoms with Gasteiger partial charge in [0, 0.05) is 12.3 Å². The fraction of sp³-hybridized carbons (Fsp3) is 0.643. The van der Waals surface area contributed by atoms with Gasteiger partial charge >= 0.3 is 0 Å². The summed E-state index contributed by atoms with van der Waals surface area (Å²) in [6, 6.07) is 4.13. The maximum Gasteiger partial charge on any atom is 0.213 e. The molecule has 2 rings (SSSR count). The van der Waals surface area contributed by atoms with Crippen molar-refractivity contribution in [2.75, 3.05) is 6.61 Å². The summed E-state index contributed by atoms with van der Waals surface area (Å²) in [5.41, 5.74) is 1.30. The lowest BCUT2D eigenvalue weighted by atomic mass is 10.1. The van der Waals surface area contributed by atoms with E-state index in [2.05, 4.69) is 31.0 Å². The minimum atomic E-state index is 0.539. The van der Waals surface area contributed by atoms with Crippen LogP contribution in [0, 0.1) is 5.92 Å². The Hall–Kier alpha value is -1.05. The number of hydrogen-bond donors (Lipinski definition) is 0. The molecule has 1 aromatic heterocycles. The van der Waals surface area contributed by atoms with E-state index in [-0.39, 0.29) is 0 Å². The van der Waals surface area contributed by atoms with Crippen LogP contribution in [-0.4, -0.2) is 11.6 Å². The van der Waals surface area contributed by atoms with Crippen molar-refractivity contribution in [3.63, 3.8) is 0 Å². The average molecular weight is 219 g/mol. The Balaban J connectivity index is 1.90. The van der Waals surface area contributed by atoms with Crippen molar-refractivity contribution in [2.45, 2.75) is 45.4 Å². The van der Waals surface area contributed by atoms with E-state index in [1.807, 2.05) is 6.20 Å². The van der Waals surface area contributed by atoms with Gasteiger partial charge in [0.25, 0.3) is 0 Å². The Bertz CT molecular complexity index is 329. The van der Waals surface area contributed by atoms with Crippen LogP contribution in [0.5, 0.6) is 5.88 Å². The van der Waals surface area contributed by atoms with E-state index in [0.717, 1.165) is 18.4 Å². The van der Waals surface area contributed by atoms with Crippen LogP contribution in [0.3, 0.4) is 0 Å². The molecule has 0 aromatic carbocycles. The zero-order valence-electron chi connectivity index (χ0n) is 10.3. The lowest BCUT2D eigenvalue weighted by molar-refractivity contribution is 0.243. The molecule has 16 heavy (non-hydrogen) atoms. The minimum absolute atomic E-state index is 0.539. The summed E-state index contributed by atoms with van der Waals surface area (Å²) in [6.07, 6.45) is 7.23. The highest BCUT2D eigenvalue weighted by Crippen LogP contribution is 2.25. The smallest absolute Gasteiger partial charge is 0.213 e. The first-order valence-corrected chi connectivity index (χ1v) is 6.34. The SMILES string of the molecule is CC(C)c1ccnc(OCC2CCCC2)c1. The summed E-state index contributed by atoms with van der Waals surface area (Å²) in [4.78, 5) is 4.26. The van der Waals surface area contributed by atoms with Crippen molar-refractivity contribution >= 4 is 0 Å². The Morgan fingerprint density at radius 2 is 2.12 bits per heavy atom. The first kappa shape index (κ1) is 11.4. The second kappa shape index (κ2) is 5.33.